The highest BCUT2D eigenvalue weighted by Gasteiger charge is 2.01. The molecular weight excluding hydrogens is 106 g/mol. The molecule has 1 heterocycles. The monoisotopic (exact) mass is 113 g/mol. The number of ether oxygens (including phenoxy) is 1. The Bertz CT molecular complexity index is 120. The maximum absolute atomic E-state index is 8.42. The van der Waals surface area contributed by atoms with Crippen molar-refractivity contribution in [1.82, 2.24) is 0 Å². The fourth-order valence-electron chi connectivity index (χ4n) is 0.442. The summed E-state index contributed by atoms with van der Waals surface area (Å²) in [4.78, 5) is 3.76. The minimum Gasteiger partial charge on any atom is -0.474 e. The molecule has 0 aliphatic carbocycles. The van der Waals surface area contributed by atoms with Gasteiger partial charge in [-0.15, -0.1) is 0 Å². The molecule has 0 spiro atoms. The van der Waals surface area contributed by atoms with Crippen molar-refractivity contribution in [3.63, 3.8) is 0 Å². The van der Waals surface area contributed by atoms with Crippen molar-refractivity contribution in [2.24, 2.45) is 4.99 Å². The third-order valence-electron chi connectivity index (χ3n) is 0.809. The van der Waals surface area contributed by atoms with Gasteiger partial charge in [0.2, 0.25) is 6.23 Å². The summed E-state index contributed by atoms with van der Waals surface area (Å²) in [6.07, 6.45) is 4.41. The second kappa shape index (κ2) is 2.47. The summed E-state index contributed by atoms with van der Waals surface area (Å²) in [6.45, 7) is -0.0547. The van der Waals surface area contributed by atoms with Gasteiger partial charge in [0, 0.05) is 6.21 Å². The zero-order valence-corrected chi connectivity index (χ0v) is 4.32. The minimum atomic E-state index is -0.375. The van der Waals surface area contributed by atoms with E-state index in [0.717, 1.165) is 0 Å². The van der Waals surface area contributed by atoms with Gasteiger partial charge < -0.3 is 9.84 Å². The SMILES string of the molecule is OCC1N=CC=CO1. The van der Waals surface area contributed by atoms with Crippen molar-refractivity contribution in [3.8, 4) is 0 Å². The number of hydrogen-bond acceptors (Lipinski definition) is 3. The van der Waals surface area contributed by atoms with E-state index in [2.05, 4.69) is 4.99 Å². The summed E-state index contributed by atoms with van der Waals surface area (Å²) >= 11 is 0. The number of hydrogen-bond donors (Lipinski definition) is 1. The van der Waals surface area contributed by atoms with E-state index in [9.17, 15) is 0 Å². The lowest BCUT2D eigenvalue weighted by atomic mass is 10.5. The predicted octanol–water partition coefficient (Wildman–Crippen LogP) is -0.0805. The summed E-state index contributed by atoms with van der Waals surface area (Å²) < 4.78 is 4.80. The van der Waals surface area contributed by atoms with Crippen LogP contribution in [0.15, 0.2) is 17.3 Å². The fourth-order valence-corrected chi connectivity index (χ4v) is 0.442. The van der Waals surface area contributed by atoms with Crippen LogP contribution in [0.4, 0.5) is 0 Å². The van der Waals surface area contributed by atoms with Gasteiger partial charge in [-0.25, -0.2) is 4.99 Å². The molecule has 0 saturated heterocycles. The first kappa shape index (κ1) is 5.31. The summed E-state index contributed by atoms with van der Waals surface area (Å²) in [6, 6.07) is 0. The molecule has 1 rings (SSSR count). The second-order valence-electron chi connectivity index (χ2n) is 1.40. The van der Waals surface area contributed by atoms with Gasteiger partial charge in [-0.1, -0.05) is 0 Å². The maximum atomic E-state index is 8.42. The lowest BCUT2D eigenvalue weighted by Crippen LogP contribution is -2.13. The van der Waals surface area contributed by atoms with E-state index < -0.39 is 0 Å². The number of aliphatic imine (C=N–C) groups is 1. The van der Waals surface area contributed by atoms with Crippen LogP contribution in [0, 0.1) is 0 Å². The van der Waals surface area contributed by atoms with E-state index in [1.165, 1.54) is 6.26 Å². The molecule has 0 radical (unpaired) electrons. The van der Waals surface area contributed by atoms with Crippen LogP contribution in [0.25, 0.3) is 0 Å². The third-order valence-corrected chi connectivity index (χ3v) is 0.809. The topological polar surface area (TPSA) is 41.8 Å². The average molecular weight is 113 g/mol. The van der Waals surface area contributed by atoms with E-state index in [1.807, 2.05) is 0 Å². The number of allylic oxidation sites excluding steroid dienone is 1. The Morgan fingerprint density at radius 2 is 2.62 bits per heavy atom. The molecule has 44 valence electrons. The Morgan fingerprint density at radius 1 is 1.75 bits per heavy atom. The van der Waals surface area contributed by atoms with Crippen molar-refractivity contribution in [1.29, 1.82) is 0 Å². The van der Waals surface area contributed by atoms with Crippen LogP contribution in [0.2, 0.25) is 0 Å². The lowest BCUT2D eigenvalue weighted by molar-refractivity contribution is 0.0828. The molecule has 3 heteroatoms. The van der Waals surface area contributed by atoms with E-state index >= 15 is 0 Å². The molecule has 0 aromatic carbocycles. The van der Waals surface area contributed by atoms with Crippen LogP contribution >= 0.6 is 0 Å². The zero-order chi connectivity index (χ0) is 5.82. The number of rotatable bonds is 1. The van der Waals surface area contributed by atoms with Crippen molar-refractivity contribution in [3.05, 3.63) is 12.3 Å². The standard InChI is InChI=1S/C5H7NO2/c7-4-5-6-2-1-3-8-5/h1-3,5,7H,4H2. The first-order valence-corrected chi connectivity index (χ1v) is 2.38. The van der Waals surface area contributed by atoms with Gasteiger partial charge in [0.05, 0.1) is 6.26 Å². The van der Waals surface area contributed by atoms with Gasteiger partial charge in [-0.2, -0.15) is 0 Å². The Labute approximate surface area is 47.3 Å². The molecule has 1 atom stereocenters. The van der Waals surface area contributed by atoms with Gasteiger partial charge in [-0.3, -0.25) is 0 Å². The van der Waals surface area contributed by atoms with Crippen LogP contribution in [0.3, 0.4) is 0 Å². The van der Waals surface area contributed by atoms with Crippen LogP contribution in [-0.2, 0) is 4.74 Å². The van der Waals surface area contributed by atoms with Crippen molar-refractivity contribution >= 4 is 6.21 Å². The quantitative estimate of drug-likeness (QED) is 0.516. The molecule has 1 unspecified atom stereocenters. The smallest absolute Gasteiger partial charge is 0.211 e. The van der Waals surface area contributed by atoms with Crippen molar-refractivity contribution in [2.45, 2.75) is 6.23 Å². The van der Waals surface area contributed by atoms with E-state index in [1.54, 1.807) is 12.3 Å². The first-order valence-electron chi connectivity index (χ1n) is 2.38. The number of aliphatic hydroxyl groups excluding tert-OH is 1. The summed E-state index contributed by atoms with van der Waals surface area (Å²) in [5.74, 6) is 0. The normalized spacial score (nSPS) is 25.4. The van der Waals surface area contributed by atoms with Gasteiger partial charge >= 0.3 is 0 Å². The lowest BCUT2D eigenvalue weighted by Gasteiger charge is -2.09. The van der Waals surface area contributed by atoms with Gasteiger partial charge in [-0.05, 0) is 6.08 Å². The molecule has 8 heavy (non-hydrogen) atoms. The molecule has 3 nitrogen and oxygen atoms in total. The summed E-state index contributed by atoms with van der Waals surface area (Å²) in [7, 11) is 0. The van der Waals surface area contributed by atoms with E-state index in [0.29, 0.717) is 0 Å². The molecule has 0 fully saturated rings. The van der Waals surface area contributed by atoms with Crippen LogP contribution in [0.1, 0.15) is 0 Å². The molecule has 1 aliphatic heterocycles. The molecule has 0 amide bonds. The Hall–Kier alpha value is -0.830. The molecule has 0 bridgehead atoms. The molecular formula is C5H7NO2. The van der Waals surface area contributed by atoms with Crippen LogP contribution < -0.4 is 0 Å². The van der Waals surface area contributed by atoms with Crippen LogP contribution in [-0.4, -0.2) is 24.2 Å². The van der Waals surface area contributed by atoms with E-state index in [-0.39, 0.29) is 12.8 Å². The minimum absolute atomic E-state index is 0.0547. The Kier molecular flexibility index (Phi) is 1.64. The Morgan fingerprint density at radius 3 is 3.00 bits per heavy atom. The second-order valence-corrected chi connectivity index (χ2v) is 1.40. The van der Waals surface area contributed by atoms with Crippen LogP contribution in [0.5, 0.6) is 0 Å². The molecule has 1 aliphatic rings. The zero-order valence-electron chi connectivity index (χ0n) is 4.32. The Balaban J connectivity index is 2.40. The van der Waals surface area contributed by atoms with Crippen molar-refractivity contribution < 1.29 is 9.84 Å². The molecule has 0 aromatic rings. The highest BCUT2D eigenvalue weighted by atomic mass is 16.5. The highest BCUT2D eigenvalue weighted by Crippen LogP contribution is 1.96. The maximum Gasteiger partial charge on any atom is 0.211 e. The molecule has 0 aromatic heterocycles. The largest absolute Gasteiger partial charge is 0.474 e. The van der Waals surface area contributed by atoms with Gasteiger partial charge in [0.1, 0.15) is 6.61 Å². The predicted molar refractivity (Wildman–Crippen MR) is 29.6 cm³/mol. The van der Waals surface area contributed by atoms with E-state index in [4.69, 9.17) is 9.84 Å². The van der Waals surface area contributed by atoms with Gasteiger partial charge in [0.25, 0.3) is 0 Å². The third kappa shape index (κ3) is 1.07. The molecule has 1 N–H and O–H groups in total. The number of nitrogens with zero attached hydrogens (tertiary/aromatic N) is 1. The highest BCUT2D eigenvalue weighted by molar-refractivity contribution is 5.71. The molecule has 0 saturated carbocycles. The summed E-state index contributed by atoms with van der Waals surface area (Å²) in [5, 5.41) is 8.42. The number of aliphatic hydroxyl groups is 1. The van der Waals surface area contributed by atoms with Gasteiger partial charge in [0.15, 0.2) is 0 Å². The average Bonchev–Trinajstić information content (AvgIpc) is 1.90. The van der Waals surface area contributed by atoms with Crippen molar-refractivity contribution in [2.75, 3.05) is 6.61 Å². The summed E-state index contributed by atoms with van der Waals surface area (Å²) in [5.41, 5.74) is 0. The first-order chi connectivity index (χ1) is 3.93. The fraction of sp³-hybridized carbons (Fsp3) is 0.400.